The van der Waals surface area contributed by atoms with Crippen LogP contribution in [0.25, 0.3) is 0 Å². The molecule has 0 unspecified atom stereocenters. The summed E-state index contributed by atoms with van der Waals surface area (Å²) < 4.78 is 55.7. The number of ether oxygens (including phenoxy) is 1. The van der Waals surface area contributed by atoms with Gasteiger partial charge in [0, 0.05) is 19.2 Å². The maximum atomic E-state index is 13.5. The first-order valence-electron chi connectivity index (χ1n) is 5.63. The summed E-state index contributed by atoms with van der Waals surface area (Å²) in [5.41, 5.74) is 5.55. The van der Waals surface area contributed by atoms with Gasteiger partial charge in [0.05, 0.1) is 17.5 Å². The third-order valence-electron chi connectivity index (χ3n) is 2.27. The Balaban J connectivity index is 3.06. The van der Waals surface area contributed by atoms with Gasteiger partial charge < -0.3 is 15.4 Å². The maximum absolute atomic E-state index is 13.5. The first kappa shape index (κ1) is 15.4. The first-order valence-corrected chi connectivity index (χ1v) is 5.63. The normalized spacial score (nSPS) is 11.8. The molecule has 1 rings (SSSR count). The molecule has 0 bridgehead atoms. The van der Waals surface area contributed by atoms with Gasteiger partial charge in [-0.25, -0.2) is 4.39 Å². The van der Waals surface area contributed by atoms with E-state index in [1.165, 1.54) is 13.1 Å². The van der Waals surface area contributed by atoms with Crippen molar-refractivity contribution in [3.8, 4) is 5.75 Å². The molecule has 2 N–H and O–H groups in total. The van der Waals surface area contributed by atoms with Gasteiger partial charge in [0.2, 0.25) is 0 Å². The lowest BCUT2D eigenvalue weighted by Gasteiger charge is -2.23. The number of alkyl halides is 3. The van der Waals surface area contributed by atoms with Crippen molar-refractivity contribution >= 4 is 11.4 Å². The smallest absolute Gasteiger partial charge is 0.405 e. The molecule has 0 atom stereocenters. The fraction of sp³-hybridized carbons (Fsp3) is 0.500. The molecular weight excluding hydrogens is 264 g/mol. The standard InChI is InChI=1S/C12H16F4N2O/c1-7(2)19-11-5-10(9(17)4-8(11)13)18(3)6-12(14,15)16/h4-5,7H,6,17H2,1-3H3. The van der Waals surface area contributed by atoms with Crippen molar-refractivity contribution in [3.05, 3.63) is 17.9 Å². The van der Waals surface area contributed by atoms with Gasteiger partial charge in [-0.3, -0.25) is 0 Å². The van der Waals surface area contributed by atoms with Crippen LogP contribution in [0.5, 0.6) is 5.75 Å². The van der Waals surface area contributed by atoms with E-state index in [9.17, 15) is 17.6 Å². The fourth-order valence-corrected chi connectivity index (χ4v) is 1.59. The van der Waals surface area contributed by atoms with Gasteiger partial charge >= 0.3 is 6.18 Å². The number of hydrogen-bond donors (Lipinski definition) is 1. The molecule has 0 amide bonds. The highest BCUT2D eigenvalue weighted by molar-refractivity contribution is 5.69. The fourth-order valence-electron chi connectivity index (χ4n) is 1.59. The van der Waals surface area contributed by atoms with Crippen molar-refractivity contribution in [2.45, 2.75) is 26.1 Å². The van der Waals surface area contributed by atoms with Crippen LogP contribution in [-0.2, 0) is 0 Å². The summed E-state index contributed by atoms with van der Waals surface area (Å²) in [6, 6.07) is 2.14. The number of anilines is 2. The van der Waals surface area contributed by atoms with E-state index >= 15 is 0 Å². The van der Waals surface area contributed by atoms with Gasteiger partial charge in [-0.1, -0.05) is 0 Å². The van der Waals surface area contributed by atoms with Gasteiger partial charge in [-0.2, -0.15) is 13.2 Å². The van der Waals surface area contributed by atoms with E-state index in [-0.39, 0.29) is 23.2 Å². The molecule has 0 spiro atoms. The van der Waals surface area contributed by atoms with Crippen molar-refractivity contribution < 1.29 is 22.3 Å². The minimum absolute atomic E-state index is 0.0691. The monoisotopic (exact) mass is 280 g/mol. The number of nitrogens with zero attached hydrogens (tertiary/aromatic N) is 1. The molecule has 19 heavy (non-hydrogen) atoms. The minimum atomic E-state index is -4.37. The van der Waals surface area contributed by atoms with E-state index in [0.29, 0.717) is 0 Å². The lowest BCUT2D eigenvalue weighted by molar-refractivity contribution is -0.119. The summed E-state index contributed by atoms with van der Waals surface area (Å²) in [6.07, 6.45) is -4.66. The molecule has 0 saturated heterocycles. The van der Waals surface area contributed by atoms with Crippen LogP contribution in [0.15, 0.2) is 12.1 Å². The number of benzene rings is 1. The van der Waals surface area contributed by atoms with Crippen LogP contribution >= 0.6 is 0 Å². The highest BCUT2D eigenvalue weighted by Crippen LogP contribution is 2.32. The largest absolute Gasteiger partial charge is 0.488 e. The second-order valence-electron chi connectivity index (χ2n) is 4.48. The van der Waals surface area contributed by atoms with Crippen LogP contribution in [-0.4, -0.2) is 25.9 Å². The molecule has 7 heteroatoms. The van der Waals surface area contributed by atoms with Gasteiger partial charge in [0.1, 0.15) is 6.54 Å². The van der Waals surface area contributed by atoms with Crippen LogP contribution < -0.4 is 15.4 Å². The van der Waals surface area contributed by atoms with Crippen molar-refractivity contribution in [2.24, 2.45) is 0 Å². The first-order chi connectivity index (χ1) is 8.60. The number of nitrogen functional groups attached to an aromatic ring is 1. The van der Waals surface area contributed by atoms with Gasteiger partial charge in [-0.05, 0) is 13.8 Å². The number of nitrogens with two attached hydrogens (primary N) is 1. The number of rotatable bonds is 4. The molecule has 0 fully saturated rings. The van der Waals surface area contributed by atoms with Crippen molar-refractivity contribution in [3.63, 3.8) is 0 Å². The third kappa shape index (κ3) is 4.50. The molecule has 108 valence electrons. The molecule has 0 saturated carbocycles. The lowest BCUT2D eigenvalue weighted by Crippen LogP contribution is -2.31. The Labute approximate surface area is 108 Å². The maximum Gasteiger partial charge on any atom is 0.405 e. The Morgan fingerprint density at radius 3 is 2.37 bits per heavy atom. The van der Waals surface area contributed by atoms with Crippen LogP contribution in [0, 0.1) is 5.82 Å². The second-order valence-corrected chi connectivity index (χ2v) is 4.48. The Hall–Kier alpha value is -1.66. The van der Waals surface area contributed by atoms with Crippen LogP contribution in [0.1, 0.15) is 13.8 Å². The second kappa shape index (κ2) is 5.54. The number of halogens is 4. The third-order valence-corrected chi connectivity index (χ3v) is 2.27. The van der Waals surface area contributed by atoms with Crippen molar-refractivity contribution in [1.82, 2.24) is 0 Å². The Morgan fingerprint density at radius 1 is 1.32 bits per heavy atom. The van der Waals surface area contributed by atoms with Crippen molar-refractivity contribution in [2.75, 3.05) is 24.2 Å². The van der Waals surface area contributed by atoms with Crippen LogP contribution in [0.4, 0.5) is 28.9 Å². The molecule has 1 aromatic rings. The molecular formula is C12H16F4N2O. The predicted octanol–water partition coefficient (Wildman–Crippen LogP) is 3.19. The van der Waals surface area contributed by atoms with Crippen LogP contribution in [0.3, 0.4) is 0 Å². The highest BCUT2D eigenvalue weighted by Gasteiger charge is 2.30. The summed E-state index contributed by atoms with van der Waals surface area (Å²) in [5, 5.41) is 0. The average molecular weight is 280 g/mol. The molecule has 0 heterocycles. The van der Waals surface area contributed by atoms with E-state index in [4.69, 9.17) is 10.5 Å². The zero-order valence-corrected chi connectivity index (χ0v) is 10.9. The quantitative estimate of drug-likeness (QED) is 0.680. The van der Waals surface area contributed by atoms with E-state index < -0.39 is 18.5 Å². The molecule has 3 nitrogen and oxygen atoms in total. The Bertz CT molecular complexity index is 446. The molecule has 0 aromatic heterocycles. The topological polar surface area (TPSA) is 38.5 Å². The predicted molar refractivity (Wildman–Crippen MR) is 65.9 cm³/mol. The summed E-state index contributed by atoms with van der Waals surface area (Å²) in [5.74, 6) is -0.816. The molecule has 0 aliphatic heterocycles. The summed E-state index contributed by atoms with van der Waals surface area (Å²) in [7, 11) is 1.23. The SMILES string of the molecule is CC(C)Oc1cc(N(C)CC(F)(F)F)c(N)cc1F. The molecule has 0 radical (unpaired) electrons. The lowest BCUT2D eigenvalue weighted by atomic mass is 10.2. The minimum Gasteiger partial charge on any atom is -0.488 e. The molecule has 0 aliphatic rings. The Kier molecular flexibility index (Phi) is 4.49. The van der Waals surface area contributed by atoms with E-state index in [0.717, 1.165) is 11.0 Å². The van der Waals surface area contributed by atoms with E-state index in [2.05, 4.69) is 0 Å². The van der Waals surface area contributed by atoms with Crippen molar-refractivity contribution in [1.29, 1.82) is 0 Å². The van der Waals surface area contributed by atoms with E-state index in [1.54, 1.807) is 13.8 Å². The zero-order valence-electron chi connectivity index (χ0n) is 10.9. The van der Waals surface area contributed by atoms with Gasteiger partial charge in [-0.15, -0.1) is 0 Å². The van der Waals surface area contributed by atoms with E-state index in [1.807, 2.05) is 0 Å². The summed E-state index contributed by atoms with van der Waals surface area (Å²) >= 11 is 0. The summed E-state index contributed by atoms with van der Waals surface area (Å²) in [4.78, 5) is 0.905. The number of hydrogen-bond acceptors (Lipinski definition) is 3. The average Bonchev–Trinajstić information content (AvgIpc) is 2.18. The summed E-state index contributed by atoms with van der Waals surface area (Å²) in [6.45, 7) is 2.20. The van der Waals surface area contributed by atoms with Crippen LogP contribution in [0.2, 0.25) is 0 Å². The van der Waals surface area contributed by atoms with Gasteiger partial charge in [0.15, 0.2) is 11.6 Å². The highest BCUT2D eigenvalue weighted by atomic mass is 19.4. The Morgan fingerprint density at radius 2 is 1.89 bits per heavy atom. The zero-order chi connectivity index (χ0) is 14.8. The van der Waals surface area contributed by atoms with Gasteiger partial charge in [0.25, 0.3) is 0 Å². The molecule has 1 aromatic carbocycles. The molecule has 0 aliphatic carbocycles.